The van der Waals surface area contributed by atoms with Gasteiger partial charge in [0.25, 0.3) is 5.91 Å². The smallest absolute Gasteiger partial charge is 0.345 e. The molecule has 0 spiro atoms. The maximum absolute atomic E-state index is 12.1. The number of hydrogen-bond donors (Lipinski definition) is 1. The van der Waals surface area contributed by atoms with Crippen LogP contribution in [0.25, 0.3) is 0 Å². The van der Waals surface area contributed by atoms with Crippen molar-refractivity contribution in [2.45, 2.75) is 6.42 Å². The first-order valence-corrected chi connectivity index (χ1v) is 7.66. The van der Waals surface area contributed by atoms with Crippen LogP contribution in [0.15, 0.2) is 42.5 Å². The van der Waals surface area contributed by atoms with E-state index < -0.39 is 5.97 Å². The number of carbonyl (C=O) groups is 2. The van der Waals surface area contributed by atoms with Gasteiger partial charge in [0.15, 0.2) is 0 Å². The van der Waals surface area contributed by atoms with Crippen molar-refractivity contribution in [1.82, 2.24) is 4.90 Å². The fourth-order valence-corrected chi connectivity index (χ4v) is 2.71. The van der Waals surface area contributed by atoms with E-state index in [9.17, 15) is 9.59 Å². The zero-order valence-corrected chi connectivity index (χ0v) is 13.0. The van der Waals surface area contributed by atoms with Gasteiger partial charge in [-0.3, -0.25) is 4.79 Å². The molecular formula is C16H17NO4S. The van der Waals surface area contributed by atoms with Crippen LogP contribution in [0.5, 0.6) is 5.75 Å². The Labute approximate surface area is 132 Å². The molecule has 0 unspecified atom stereocenters. The first-order valence-electron chi connectivity index (χ1n) is 6.84. The molecule has 0 aliphatic rings. The Hall–Kier alpha value is -2.34. The van der Waals surface area contributed by atoms with Crippen LogP contribution in [0.3, 0.4) is 0 Å². The summed E-state index contributed by atoms with van der Waals surface area (Å²) in [4.78, 5) is 25.1. The molecular weight excluding hydrogens is 302 g/mol. The van der Waals surface area contributed by atoms with Gasteiger partial charge in [0.05, 0.1) is 11.5 Å². The molecule has 0 atom stereocenters. The highest BCUT2D eigenvalue weighted by molar-refractivity contribution is 7.15. The Balaban J connectivity index is 1.77. The number of thiophene rings is 1. The number of aromatic carboxylic acids is 1. The van der Waals surface area contributed by atoms with Crippen LogP contribution in [0.4, 0.5) is 0 Å². The Morgan fingerprint density at radius 1 is 1.14 bits per heavy atom. The van der Waals surface area contributed by atoms with Crippen molar-refractivity contribution in [3.05, 3.63) is 52.2 Å². The van der Waals surface area contributed by atoms with E-state index in [4.69, 9.17) is 9.84 Å². The second kappa shape index (κ2) is 7.61. The van der Waals surface area contributed by atoms with E-state index in [-0.39, 0.29) is 10.8 Å². The summed E-state index contributed by atoms with van der Waals surface area (Å²) in [6.45, 7) is 1.07. The first kappa shape index (κ1) is 16.0. The summed E-state index contributed by atoms with van der Waals surface area (Å²) >= 11 is 0.991. The molecule has 1 amide bonds. The molecule has 1 aromatic carbocycles. The van der Waals surface area contributed by atoms with Crippen molar-refractivity contribution < 1.29 is 19.4 Å². The minimum atomic E-state index is -1.01. The number of hydrogen-bond acceptors (Lipinski definition) is 4. The third-order valence-corrected chi connectivity index (χ3v) is 4.09. The molecule has 0 fully saturated rings. The number of carbonyl (C=O) groups excluding carboxylic acids is 1. The molecule has 1 N–H and O–H groups in total. The van der Waals surface area contributed by atoms with Gasteiger partial charge in [-0.1, -0.05) is 18.2 Å². The van der Waals surface area contributed by atoms with E-state index in [0.717, 1.165) is 17.1 Å². The Bertz CT molecular complexity index is 639. The zero-order chi connectivity index (χ0) is 15.9. The minimum absolute atomic E-state index is 0.169. The predicted molar refractivity (Wildman–Crippen MR) is 84.8 cm³/mol. The van der Waals surface area contributed by atoms with Gasteiger partial charge in [0.1, 0.15) is 10.6 Å². The third-order valence-electron chi connectivity index (χ3n) is 3.02. The van der Waals surface area contributed by atoms with E-state index >= 15 is 0 Å². The van der Waals surface area contributed by atoms with Crippen molar-refractivity contribution in [1.29, 1.82) is 0 Å². The Morgan fingerprint density at radius 3 is 2.45 bits per heavy atom. The number of carboxylic acid groups (broad SMARTS) is 1. The molecule has 0 aliphatic carbocycles. The number of carboxylic acids is 1. The highest BCUT2D eigenvalue weighted by Gasteiger charge is 2.16. The van der Waals surface area contributed by atoms with Crippen LogP contribution in [0.1, 0.15) is 25.8 Å². The highest BCUT2D eigenvalue weighted by atomic mass is 32.1. The van der Waals surface area contributed by atoms with Crippen molar-refractivity contribution in [3.63, 3.8) is 0 Å². The number of ether oxygens (including phenoxy) is 1. The molecule has 2 rings (SSSR count). The summed E-state index contributed by atoms with van der Waals surface area (Å²) in [7, 11) is 1.70. The van der Waals surface area contributed by atoms with Gasteiger partial charge >= 0.3 is 5.97 Å². The molecule has 0 bridgehead atoms. The maximum Gasteiger partial charge on any atom is 0.345 e. The van der Waals surface area contributed by atoms with Gasteiger partial charge in [-0.15, -0.1) is 11.3 Å². The van der Waals surface area contributed by atoms with Crippen molar-refractivity contribution in [2.75, 3.05) is 20.2 Å². The quantitative estimate of drug-likeness (QED) is 0.797. The number of rotatable bonds is 7. The number of para-hydroxylation sites is 1. The average molecular weight is 319 g/mol. The predicted octanol–water partition coefficient (Wildman–Crippen LogP) is 2.99. The van der Waals surface area contributed by atoms with Crippen molar-refractivity contribution in [2.24, 2.45) is 0 Å². The van der Waals surface area contributed by atoms with Gasteiger partial charge in [-0.25, -0.2) is 4.79 Å². The zero-order valence-electron chi connectivity index (χ0n) is 12.2. The highest BCUT2D eigenvalue weighted by Crippen LogP contribution is 2.18. The second-order valence-corrected chi connectivity index (χ2v) is 5.79. The van der Waals surface area contributed by atoms with Gasteiger partial charge in [-0.2, -0.15) is 0 Å². The van der Waals surface area contributed by atoms with Gasteiger partial charge < -0.3 is 14.7 Å². The fourth-order valence-electron chi connectivity index (χ4n) is 1.87. The van der Waals surface area contributed by atoms with E-state index in [2.05, 4.69) is 0 Å². The molecule has 0 saturated carbocycles. The fraction of sp³-hybridized carbons (Fsp3) is 0.250. The Morgan fingerprint density at radius 2 is 1.82 bits per heavy atom. The summed E-state index contributed by atoms with van der Waals surface area (Å²) in [5.41, 5.74) is 0. The normalized spacial score (nSPS) is 10.2. The standard InChI is InChI=1S/C16H17NO4S/c1-17(10-5-11-21-12-6-3-2-4-7-12)15(18)13-8-9-14(22-13)16(19)20/h2-4,6-9H,5,10-11H2,1H3,(H,19,20). The van der Waals surface area contributed by atoms with E-state index in [1.807, 2.05) is 30.3 Å². The van der Waals surface area contributed by atoms with Crippen LogP contribution < -0.4 is 4.74 Å². The molecule has 0 saturated heterocycles. The summed E-state index contributed by atoms with van der Waals surface area (Å²) in [5.74, 6) is -0.374. The lowest BCUT2D eigenvalue weighted by Crippen LogP contribution is -2.28. The molecule has 0 aliphatic heterocycles. The molecule has 1 aromatic heterocycles. The SMILES string of the molecule is CN(CCCOc1ccccc1)C(=O)c1ccc(C(=O)O)s1. The minimum Gasteiger partial charge on any atom is -0.494 e. The van der Waals surface area contributed by atoms with Gasteiger partial charge in [-0.05, 0) is 30.7 Å². The van der Waals surface area contributed by atoms with Gasteiger partial charge in [0, 0.05) is 13.6 Å². The molecule has 0 radical (unpaired) electrons. The van der Waals surface area contributed by atoms with Crippen molar-refractivity contribution >= 4 is 23.2 Å². The lowest BCUT2D eigenvalue weighted by Gasteiger charge is -2.16. The van der Waals surface area contributed by atoms with Crippen LogP contribution in [-0.2, 0) is 0 Å². The van der Waals surface area contributed by atoms with E-state index in [1.165, 1.54) is 6.07 Å². The van der Waals surface area contributed by atoms with Crippen LogP contribution in [-0.4, -0.2) is 42.1 Å². The van der Waals surface area contributed by atoms with Crippen LogP contribution in [0, 0.1) is 0 Å². The third kappa shape index (κ3) is 4.33. The summed E-state index contributed by atoms with van der Waals surface area (Å²) < 4.78 is 5.56. The monoisotopic (exact) mass is 319 g/mol. The summed E-state index contributed by atoms with van der Waals surface area (Å²) in [6, 6.07) is 12.5. The van der Waals surface area contributed by atoms with Crippen LogP contribution in [0.2, 0.25) is 0 Å². The Kier molecular flexibility index (Phi) is 5.55. The first-order chi connectivity index (χ1) is 10.6. The largest absolute Gasteiger partial charge is 0.494 e. The number of benzene rings is 1. The van der Waals surface area contributed by atoms with Gasteiger partial charge in [0.2, 0.25) is 0 Å². The lowest BCUT2D eigenvalue weighted by molar-refractivity contribution is 0.0701. The second-order valence-electron chi connectivity index (χ2n) is 4.71. The van der Waals surface area contributed by atoms with Crippen LogP contribution >= 0.6 is 11.3 Å². The molecule has 2 aromatic rings. The summed E-state index contributed by atoms with van der Waals surface area (Å²) in [6.07, 6.45) is 0.703. The molecule has 1 heterocycles. The molecule has 116 valence electrons. The maximum atomic E-state index is 12.1. The topological polar surface area (TPSA) is 66.8 Å². The lowest BCUT2D eigenvalue weighted by atomic mass is 10.3. The van der Waals surface area contributed by atoms with E-state index in [0.29, 0.717) is 24.4 Å². The number of amides is 1. The summed E-state index contributed by atoms with van der Waals surface area (Å²) in [5, 5.41) is 8.87. The molecule has 5 nitrogen and oxygen atoms in total. The molecule has 6 heteroatoms. The average Bonchev–Trinajstić information content (AvgIpc) is 3.02. The van der Waals surface area contributed by atoms with E-state index in [1.54, 1.807) is 18.0 Å². The number of nitrogens with zero attached hydrogens (tertiary/aromatic N) is 1. The molecule has 22 heavy (non-hydrogen) atoms. The van der Waals surface area contributed by atoms with Crippen molar-refractivity contribution in [3.8, 4) is 5.75 Å².